The van der Waals surface area contributed by atoms with Gasteiger partial charge in [-0.15, -0.1) is 23.4 Å². The Morgan fingerprint density at radius 3 is 2.46 bits per heavy atom. The van der Waals surface area contributed by atoms with Gasteiger partial charge in [-0.05, 0) is 42.9 Å². The lowest BCUT2D eigenvalue weighted by atomic mass is 10.3. The highest BCUT2D eigenvalue weighted by molar-refractivity contribution is 7.99. The van der Waals surface area contributed by atoms with Gasteiger partial charge in [-0.25, -0.2) is 4.39 Å². The predicted octanol–water partition coefficient (Wildman–Crippen LogP) is 3.94. The standard InChI is InChI=1S/C10H12ClFS/c11-7-1-2-8-13-10-5-3-9(12)4-6-10/h3-6H,1-2,7-8H2. The number of benzene rings is 1. The van der Waals surface area contributed by atoms with Gasteiger partial charge in [0.25, 0.3) is 0 Å². The van der Waals surface area contributed by atoms with Gasteiger partial charge in [0, 0.05) is 10.8 Å². The van der Waals surface area contributed by atoms with E-state index in [4.69, 9.17) is 11.6 Å². The third-order valence-electron chi connectivity index (χ3n) is 1.61. The van der Waals surface area contributed by atoms with Crippen LogP contribution in [0.25, 0.3) is 0 Å². The molecule has 1 rings (SSSR count). The molecule has 0 nitrogen and oxygen atoms in total. The molecule has 0 aliphatic rings. The fourth-order valence-corrected chi connectivity index (χ4v) is 2.02. The van der Waals surface area contributed by atoms with Crippen molar-refractivity contribution in [3.8, 4) is 0 Å². The van der Waals surface area contributed by atoms with Gasteiger partial charge in [0.05, 0.1) is 0 Å². The van der Waals surface area contributed by atoms with Crippen LogP contribution in [0.2, 0.25) is 0 Å². The summed E-state index contributed by atoms with van der Waals surface area (Å²) in [5.74, 6) is 1.60. The second-order valence-corrected chi connectivity index (χ2v) is 4.24. The molecule has 0 fully saturated rings. The van der Waals surface area contributed by atoms with Crippen LogP contribution in [0, 0.1) is 5.82 Å². The van der Waals surface area contributed by atoms with Crippen molar-refractivity contribution in [2.45, 2.75) is 17.7 Å². The van der Waals surface area contributed by atoms with Gasteiger partial charge in [-0.2, -0.15) is 0 Å². The monoisotopic (exact) mass is 218 g/mol. The zero-order valence-electron chi connectivity index (χ0n) is 7.30. The van der Waals surface area contributed by atoms with E-state index in [0.29, 0.717) is 0 Å². The van der Waals surface area contributed by atoms with E-state index in [1.807, 2.05) is 0 Å². The van der Waals surface area contributed by atoms with E-state index >= 15 is 0 Å². The van der Waals surface area contributed by atoms with E-state index in [1.54, 1.807) is 23.9 Å². The molecular formula is C10H12ClFS. The van der Waals surface area contributed by atoms with E-state index in [9.17, 15) is 4.39 Å². The molecule has 3 heteroatoms. The minimum atomic E-state index is -0.176. The van der Waals surface area contributed by atoms with Crippen molar-refractivity contribution >= 4 is 23.4 Å². The highest BCUT2D eigenvalue weighted by Gasteiger charge is 1.94. The molecule has 0 atom stereocenters. The van der Waals surface area contributed by atoms with Gasteiger partial charge in [0.1, 0.15) is 5.82 Å². The second kappa shape index (κ2) is 6.28. The van der Waals surface area contributed by atoms with Crippen LogP contribution in [0.15, 0.2) is 29.2 Å². The largest absolute Gasteiger partial charge is 0.207 e. The molecule has 0 aliphatic carbocycles. The minimum absolute atomic E-state index is 0.176. The van der Waals surface area contributed by atoms with Crippen molar-refractivity contribution in [1.82, 2.24) is 0 Å². The van der Waals surface area contributed by atoms with Crippen LogP contribution >= 0.6 is 23.4 Å². The van der Waals surface area contributed by atoms with Gasteiger partial charge in [-0.3, -0.25) is 0 Å². The first-order valence-corrected chi connectivity index (χ1v) is 5.79. The molecule has 0 heterocycles. The summed E-state index contributed by atoms with van der Waals surface area (Å²) in [7, 11) is 0. The Labute approximate surface area is 87.5 Å². The summed E-state index contributed by atoms with van der Waals surface area (Å²) in [6.45, 7) is 0. The Balaban J connectivity index is 2.25. The summed E-state index contributed by atoms with van der Waals surface area (Å²) in [5.41, 5.74) is 0. The van der Waals surface area contributed by atoms with Crippen molar-refractivity contribution in [1.29, 1.82) is 0 Å². The average Bonchev–Trinajstić information content (AvgIpc) is 2.15. The number of unbranched alkanes of at least 4 members (excludes halogenated alkanes) is 1. The molecule has 0 unspecified atom stereocenters. The highest BCUT2D eigenvalue weighted by Crippen LogP contribution is 2.19. The zero-order chi connectivity index (χ0) is 9.52. The van der Waals surface area contributed by atoms with Crippen molar-refractivity contribution in [3.63, 3.8) is 0 Å². The summed E-state index contributed by atoms with van der Waals surface area (Å²) in [6, 6.07) is 6.59. The van der Waals surface area contributed by atoms with Crippen molar-refractivity contribution in [3.05, 3.63) is 30.1 Å². The molecule has 0 N–H and O–H groups in total. The first kappa shape index (κ1) is 10.9. The maximum Gasteiger partial charge on any atom is 0.123 e. The minimum Gasteiger partial charge on any atom is -0.207 e. The number of thioether (sulfide) groups is 1. The summed E-state index contributed by atoms with van der Waals surface area (Å²) in [5, 5.41) is 0. The number of hydrogen-bond acceptors (Lipinski definition) is 1. The molecule has 0 radical (unpaired) electrons. The molecular weight excluding hydrogens is 207 g/mol. The lowest BCUT2D eigenvalue weighted by Crippen LogP contribution is -1.82. The van der Waals surface area contributed by atoms with E-state index in [-0.39, 0.29) is 5.82 Å². The number of halogens is 2. The van der Waals surface area contributed by atoms with Crippen LogP contribution in [0.4, 0.5) is 4.39 Å². The molecule has 0 aliphatic heterocycles. The lowest BCUT2D eigenvalue weighted by Gasteiger charge is -1.99. The quantitative estimate of drug-likeness (QED) is 0.410. The molecule has 0 spiro atoms. The number of rotatable bonds is 5. The fraction of sp³-hybridized carbons (Fsp3) is 0.400. The Kier molecular flexibility index (Phi) is 5.25. The molecule has 0 bridgehead atoms. The number of alkyl halides is 1. The Hall–Kier alpha value is -0.210. The third kappa shape index (κ3) is 4.53. The van der Waals surface area contributed by atoms with Crippen LogP contribution in [-0.4, -0.2) is 11.6 Å². The van der Waals surface area contributed by atoms with E-state index in [1.165, 1.54) is 12.1 Å². The van der Waals surface area contributed by atoms with Gasteiger partial charge >= 0.3 is 0 Å². The summed E-state index contributed by atoms with van der Waals surface area (Å²) < 4.78 is 12.5. The molecule has 1 aromatic rings. The van der Waals surface area contributed by atoms with Crippen LogP contribution in [0.3, 0.4) is 0 Å². The van der Waals surface area contributed by atoms with E-state index < -0.39 is 0 Å². The second-order valence-electron chi connectivity index (χ2n) is 2.70. The van der Waals surface area contributed by atoms with Crippen molar-refractivity contribution in [2.24, 2.45) is 0 Å². The Morgan fingerprint density at radius 2 is 1.85 bits per heavy atom. The zero-order valence-corrected chi connectivity index (χ0v) is 8.87. The first-order chi connectivity index (χ1) is 6.33. The smallest absolute Gasteiger partial charge is 0.123 e. The van der Waals surface area contributed by atoms with Crippen molar-refractivity contribution in [2.75, 3.05) is 11.6 Å². The highest BCUT2D eigenvalue weighted by atomic mass is 35.5. The average molecular weight is 219 g/mol. The molecule has 0 saturated heterocycles. The summed E-state index contributed by atoms with van der Waals surface area (Å²) in [6.07, 6.45) is 2.17. The van der Waals surface area contributed by atoms with Crippen LogP contribution in [-0.2, 0) is 0 Å². The fourth-order valence-electron chi connectivity index (χ4n) is 0.917. The molecule has 13 heavy (non-hydrogen) atoms. The Bertz CT molecular complexity index is 235. The summed E-state index contributed by atoms with van der Waals surface area (Å²) in [4.78, 5) is 1.12. The molecule has 0 amide bonds. The maximum absolute atomic E-state index is 12.5. The first-order valence-electron chi connectivity index (χ1n) is 4.27. The van der Waals surface area contributed by atoms with Crippen LogP contribution < -0.4 is 0 Å². The summed E-state index contributed by atoms with van der Waals surface area (Å²) >= 11 is 7.29. The molecule has 1 aromatic carbocycles. The SMILES string of the molecule is Fc1ccc(SCCCCCl)cc1. The molecule has 0 aromatic heterocycles. The van der Waals surface area contributed by atoms with Gasteiger partial charge < -0.3 is 0 Å². The van der Waals surface area contributed by atoms with Gasteiger partial charge in [-0.1, -0.05) is 0 Å². The van der Waals surface area contributed by atoms with Gasteiger partial charge in [0.15, 0.2) is 0 Å². The van der Waals surface area contributed by atoms with Gasteiger partial charge in [0.2, 0.25) is 0 Å². The van der Waals surface area contributed by atoms with Crippen molar-refractivity contribution < 1.29 is 4.39 Å². The van der Waals surface area contributed by atoms with Crippen LogP contribution in [0.1, 0.15) is 12.8 Å². The van der Waals surface area contributed by atoms with Crippen LogP contribution in [0.5, 0.6) is 0 Å². The number of hydrogen-bond donors (Lipinski definition) is 0. The third-order valence-corrected chi connectivity index (χ3v) is 2.98. The molecule has 72 valence electrons. The predicted molar refractivity (Wildman–Crippen MR) is 57.1 cm³/mol. The van der Waals surface area contributed by atoms with E-state index in [0.717, 1.165) is 29.4 Å². The maximum atomic E-state index is 12.5. The molecule has 0 saturated carbocycles. The lowest BCUT2D eigenvalue weighted by molar-refractivity contribution is 0.626. The Morgan fingerprint density at radius 1 is 1.15 bits per heavy atom. The van der Waals surface area contributed by atoms with E-state index in [2.05, 4.69) is 0 Å². The topological polar surface area (TPSA) is 0 Å². The normalized spacial score (nSPS) is 10.3.